The van der Waals surface area contributed by atoms with E-state index in [1.54, 1.807) is 0 Å². The Morgan fingerprint density at radius 1 is 1.00 bits per heavy atom. The highest BCUT2D eigenvalue weighted by atomic mass is 16.2. The van der Waals surface area contributed by atoms with Crippen molar-refractivity contribution in [1.29, 1.82) is 0 Å². The van der Waals surface area contributed by atoms with Gasteiger partial charge in [0.1, 0.15) is 0 Å². The summed E-state index contributed by atoms with van der Waals surface area (Å²) in [6, 6.07) is 0.598. The van der Waals surface area contributed by atoms with E-state index in [9.17, 15) is 9.59 Å². The number of imide groups is 1. The second-order valence-electron chi connectivity index (χ2n) is 5.33. The summed E-state index contributed by atoms with van der Waals surface area (Å²) in [6.45, 7) is 3.88. The molecule has 0 aromatic carbocycles. The van der Waals surface area contributed by atoms with Gasteiger partial charge in [-0.2, -0.15) is 0 Å². The number of hydrogen-bond acceptors (Lipinski definition) is 4. The third-order valence-corrected chi connectivity index (χ3v) is 4.39. The standard InChI is InChI=1S/C12H19N3O2/c16-11-9-3-6-15(7-10(9)12(17)14-11)8-1-4-13-5-2-8/h8-10,13H,1-7H2,(H,14,16,17). The number of likely N-dealkylation sites (tertiary alicyclic amines) is 1. The van der Waals surface area contributed by atoms with Gasteiger partial charge in [-0.05, 0) is 38.9 Å². The third-order valence-electron chi connectivity index (χ3n) is 4.39. The van der Waals surface area contributed by atoms with Crippen LogP contribution in [0.5, 0.6) is 0 Å². The molecule has 3 rings (SSSR count). The molecule has 2 atom stereocenters. The number of piperidine rings is 2. The van der Waals surface area contributed by atoms with Gasteiger partial charge in [0.15, 0.2) is 0 Å². The molecule has 3 fully saturated rings. The van der Waals surface area contributed by atoms with Crippen LogP contribution in [-0.4, -0.2) is 48.9 Å². The van der Waals surface area contributed by atoms with Crippen LogP contribution in [0.2, 0.25) is 0 Å². The van der Waals surface area contributed by atoms with Crippen LogP contribution in [-0.2, 0) is 9.59 Å². The minimum Gasteiger partial charge on any atom is -0.317 e. The van der Waals surface area contributed by atoms with E-state index in [0.717, 1.165) is 45.4 Å². The lowest BCUT2D eigenvalue weighted by Crippen LogP contribution is -2.50. The van der Waals surface area contributed by atoms with Crippen molar-refractivity contribution in [2.45, 2.75) is 25.3 Å². The molecule has 3 saturated heterocycles. The smallest absolute Gasteiger partial charge is 0.231 e. The maximum absolute atomic E-state index is 11.7. The molecule has 5 nitrogen and oxygen atoms in total. The molecular formula is C12H19N3O2. The summed E-state index contributed by atoms with van der Waals surface area (Å²) in [5.74, 6) is -0.254. The van der Waals surface area contributed by atoms with Crippen molar-refractivity contribution < 1.29 is 9.59 Å². The second-order valence-corrected chi connectivity index (χ2v) is 5.33. The maximum Gasteiger partial charge on any atom is 0.231 e. The van der Waals surface area contributed by atoms with Gasteiger partial charge in [0.05, 0.1) is 11.8 Å². The van der Waals surface area contributed by atoms with Crippen molar-refractivity contribution in [3.63, 3.8) is 0 Å². The van der Waals surface area contributed by atoms with Crippen LogP contribution in [0, 0.1) is 11.8 Å². The minimum atomic E-state index is -0.0915. The number of nitrogens with zero attached hydrogens (tertiary/aromatic N) is 1. The number of nitrogens with one attached hydrogen (secondary N) is 2. The summed E-state index contributed by atoms with van der Waals surface area (Å²) < 4.78 is 0. The Morgan fingerprint density at radius 2 is 1.71 bits per heavy atom. The molecule has 3 heterocycles. The summed E-state index contributed by atoms with van der Waals surface area (Å²) in [4.78, 5) is 25.6. The van der Waals surface area contributed by atoms with Crippen molar-refractivity contribution in [2.24, 2.45) is 11.8 Å². The Hall–Kier alpha value is -0.940. The van der Waals surface area contributed by atoms with Gasteiger partial charge >= 0.3 is 0 Å². The van der Waals surface area contributed by atoms with Gasteiger partial charge in [0, 0.05) is 12.6 Å². The van der Waals surface area contributed by atoms with Gasteiger partial charge in [-0.3, -0.25) is 19.8 Å². The average molecular weight is 237 g/mol. The molecule has 0 saturated carbocycles. The van der Waals surface area contributed by atoms with E-state index in [4.69, 9.17) is 0 Å². The Balaban J connectivity index is 1.66. The zero-order valence-corrected chi connectivity index (χ0v) is 9.95. The molecule has 0 bridgehead atoms. The van der Waals surface area contributed by atoms with E-state index in [-0.39, 0.29) is 23.7 Å². The minimum absolute atomic E-state index is 0.0510. The molecule has 0 aromatic rings. The Morgan fingerprint density at radius 3 is 2.47 bits per heavy atom. The molecule has 0 spiro atoms. The van der Waals surface area contributed by atoms with Crippen molar-refractivity contribution in [3.05, 3.63) is 0 Å². The van der Waals surface area contributed by atoms with Crippen LogP contribution in [0.1, 0.15) is 19.3 Å². The van der Waals surface area contributed by atoms with E-state index in [2.05, 4.69) is 15.5 Å². The summed E-state index contributed by atoms with van der Waals surface area (Å²) in [7, 11) is 0. The fraction of sp³-hybridized carbons (Fsp3) is 0.833. The van der Waals surface area contributed by atoms with Crippen LogP contribution in [0.25, 0.3) is 0 Å². The molecule has 0 aliphatic carbocycles. The Labute approximate surface area is 101 Å². The molecule has 2 unspecified atom stereocenters. The topological polar surface area (TPSA) is 61.4 Å². The van der Waals surface area contributed by atoms with Gasteiger partial charge in [-0.1, -0.05) is 0 Å². The lowest BCUT2D eigenvalue weighted by Gasteiger charge is -2.40. The van der Waals surface area contributed by atoms with Crippen molar-refractivity contribution >= 4 is 11.8 Å². The molecule has 3 aliphatic heterocycles. The number of rotatable bonds is 1. The van der Waals surface area contributed by atoms with Crippen LogP contribution >= 0.6 is 0 Å². The SMILES string of the molecule is O=C1NC(=O)C2CN(C3CCNCC3)CCC12. The molecular weight excluding hydrogens is 218 g/mol. The Kier molecular flexibility index (Phi) is 2.88. The summed E-state index contributed by atoms with van der Waals surface area (Å²) in [5.41, 5.74) is 0. The molecule has 17 heavy (non-hydrogen) atoms. The molecule has 3 aliphatic rings. The molecule has 0 radical (unpaired) electrons. The summed E-state index contributed by atoms with van der Waals surface area (Å²) in [5, 5.41) is 5.82. The van der Waals surface area contributed by atoms with Gasteiger partial charge < -0.3 is 5.32 Å². The van der Waals surface area contributed by atoms with Crippen LogP contribution in [0.4, 0.5) is 0 Å². The first-order valence-corrected chi connectivity index (χ1v) is 6.55. The van der Waals surface area contributed by atoms with E-state index >= 15 is 0 Å². The zero-order chi connectivity index (χ0) is 11.8. The van der Waals surface area contributed by atoms with Gasteiger partial charge in [0.2, 0.25) is 11.8 Å². The normalized spacial score (nSPS) is 35.8. The Bertz CT molecular complexity index is 339. The fourth-order valence-corrected chi connectivity index (χ4v) is 3.37. The number of fused-ring (bicyclic) bond motifs is 1. The van der Waals surface area contributed by atoms with Gasteiger partial charge in [-0.15, -0.1) is 0 Å². The number of carbonyl (C=O) groups excluding carboxylic acids is 2. The molecule has 5 heteroatoms. The lowest BCUT2D eigenvalue weighted by molar-refractivity contribution is -0.126. The second kappa shape index (κ2) is 4.38. The van der Waals surface area contributed by atoms with E-state index < -0.39 is 0 Å². The third kappa shape index (κ3) is 1.98. The lowest BCUT2D eigenvalue weighted by atomic mass is 9.86. The maximum atomic E-state index is 11.7. The average Bonchev–Trinajstić information content (AvgIpc) is 2.66. The first-order chi connectivity index (χ1) is 8.25. The number of carbonyl (C=O) groups is 2. The van der Waals surface area contributed by atoms with Gasteiger partial charge in [-0.25, -0.2) is 0 Å². The highest BCUT2D eigenvalue weighted by Gasteiger charge is 2.45. The van der Waals surface area contributed by atoms with Crippen molar-refractivity contribution in [2.75, 3.05) is 26.2 Å². The molecule has 2 amide bonds. The first kappa shape index (κ1) is 11.2. The largest absolute Gasteiger partial charge is 0.317 e. The predicted molar refractivity (Wildman–Crippen MR) is 62.2 cm³/mol. The van der Waals surface area contributed by atoms with Crippen molar-refractivity contribution in [3.8, 4) is 0 Å². The highest BCUT2D eigenvalue weighted by Crippen LogP contribution is 2.30. The van der Waals surface area contributed by atoms with Crippen molar-refractivity contribution in [1.82, 2.24) is 15.5 Å². The van der Waals surface area contributed by atoms with E-state index in [1.165, 1.54) is 0 Å². The molecule has 0 aromatic heterocycles. The molecule has 94 valence electrons. The van der Waals surface area contributed by atoms with Gasteiger partial charge in [0.25, 0.3) is 0 Å². The monoisotopic (exact) mass is 237 g/mol. The zero-order valence-electron chi connectivity index (χ0n) is 9.95. The summed E-state index contributed by atoms with van der Waals surface area (Å²) >= 11 is 0. The van der Waals surface area contributed by atoms with Crippen LogP contribution < -0.4 is 10.6 Å². The van der Waals surface area contributed by atoms with E-state index in [0.29, 0.717) is 6.04 Å². The number of amides is 2. The number of hydrogen-bond donors (Lipinski definition) is 2. The van der Waals surface area contributed by atoms with Crippen LogP contribution in [0.15, 0.2) is 0 Å². The molecule has 2 N–H and O–H groups in total. The predicted octanol–water partition coefficient (Wildman–Crippen LogP) is -0.667. The highest BCUT2D eigenvalue weighted by molar-refractivity contribution is 6.05. The first-order valence-electron chi connectivity index (χ1n) is 6.55. The van der Waals surface area contributed by atoms with Crippen LogP contribution in [0.3, 0.4) is 0 Å². The van der Waals surface area contributed by atoms with E-state index in [1.807, 2.05) is 0 Å². The summed E-state index contributed by atoms with van der Waals surface area (Å²) in [6.07, 6.45) is 3.16. The fourth-order valence-electron chi connectivity index (χ4n) is 3.37. The quantitative estimate of drug-likeness (QED) is 0.594.